The zero-order valence-electron chi connectivity index (χ0n) is 16.5. The molecule has 30 heavy (non-hydrogen) atoms. The van der Waals surface area contributed by atoms with E-state index in [0.29, 0.717) is 41.5 Å². The number of aromatic nitrogens is 2. The second kappa shape index (κ2) is 7.25. The highest BCUT2D eigenvalue weighted by Crippen LogP contribution is 2.46. The second-order valence-electron chi connectivity index (χ2n) is 7.18. The van der Waals surface area contributed by atoms with Crippen LogP contribution in [-0.4, -0.2) is 30.3 Å². The molecule has 1 aromatic carbocycles. The van der Waals surface area contributed by atoms with E-state index in [-0.39, 0.29) is 11.7 Å². The first kappa shape index (κ1) is 18.3. The molecule has 0 saturated carbocycles. The maximum atomic E-state index is 13.4. The van der Waals surface area contributed by atoms with E-state index in [1.807, 2.05) is 30.3 Å². The first-order valence-electron chi connectivity index (χ1n) is 9.56. The lowest BCUT2D eigenvalue weighted by molar-refractivity contribution is -0.116. The number of benzene rings is 1. The third-order valence-electron chi connectivity index (χ3n) is 5.53. The van der Waals surface area contributed by atoms with Crippen molar-refractivity contribution in [2.24, 2.45) is 0 Å². The maximum Gasteiger partial charge on any atom is 0.219 e. The van der Waals surface area contributed by atoms with Crippen LogP contribution in [0.3, 0.4) is 0 Å². The van der Waals surface area contributed by atoms with E-state index in [0.717, 1.165) is 17.0 Å². The van der Waals surface area contributed by atoms with Crippen LogP contribution in [0.1, 0.15) is 36.1 Å². The van der Waals surface area contributed by atoms with Crippen LogP contribution >= 0.6 is 0 Å². The monoisotopic (exact) mass is 408 g/mol. The zero-order chi connectivity index (χ0) is 20.7. The summed E-state index contributed by atoms with van der Waals surface area (Å²) in [5, 5.41) is 14.4. The van der Waals surface area contributed by atoms with Crippen molar-refractivity contribution in [2.45, 2.75) is 24.8 Å². The Morgan fingerprint density at radius 1 is 1.07 bits per heavy atom. The van der Waals surface area contributed by atoms with Crippen molar-refractivity contribution in [2.75, 3.05) is 24.9 Å². The Kier molecular flexibility index (Phi) is 4.42. The summed E-state index contributed by atoms with van der Waals surface area (Å²) in [4.78, 5) is 13.4. The number of rotatable bonds is 4. The molecule has 0 amide bonds. The number of nitrogens with one attached hydrogen (secondary N) is 2. The average Bonchev–Trinajstić information content (AvgIpc) is 3.42. The third-order valence-corrected chi connectivity index (χ3v) is 5.53. The molecule has 2 N–H and O–H groups in total. The number of methoxy groups -OCH3 is 2. The van der Waals surface area contributed by atoms with Gasteiger partial charge in [0.25, 0.3) is 0 Å². The van der Waals surface area contributed by atoms with Gasteiger partial charge in [-0.3, -0.25) is 4.79 Å². The van der Waals surface area contributed by atoms with Gasteiger partial charge in [0, 0.05) is 29.2 Å². The summed E-state index contributed by atoms with van der Waals surface area (Å²) in [5.41, 5.74) is 2.13. The molecule has 0 radical (unpaired) electrons. The van der Waals surface area contributed by atoms with Crippen molar-refractivity contribution >= 4 is 17.4 Å². The van der Waals surface area contributed by atoms with Gasteiger partial charge in [-0.25, -0.2) is 4.63 Å². The van der Waals surface area contributed by atoms with Crippen molar-refractivity contribution in [3.05, 3.63) is 59.2 Å². The quantitative estimate of drug-likeness (QED) is 0.668. The van der Waals surface area contributed by atoms with Crippen LogP contribution in [0.2, 0.25) is 0 Å². The number of ether oxygens (including phenoxy) is 2. The number of furan rings is 1. The van der Waals surface area contributed by atoms with E-state index >= 15 is 0 Å². The molecule has 9 heteroatoms. The summed E-state index contributed by atoms with van der Waals surface area (Å²) in [6.45, 7) is 0. The van der Waals surface area contributed by atoms with Gasteiger partial charge in [-0.1, -0.05) is 12.1 Å². The molecule has 154 valence electrons. The van der Waals surface area contributed by atoms with Crippen LogP contribution < -0.4 is 20.1 Å². The molecular formula is C21H20N4O5. The van der Waals surface area contributed by atoms with Gasteiger partial charge in [-0.05, 0) is 34.9 Å². The number of allylic oxidation sites excluding steroid dienone is 1. The summed E-state index contributed by atoms with van der Waals surface area (Å²) in [6.07, 6.45) is 2.55. The molecule has 9 nitrogen and oxygen atoms in total. The van der Waals surface area contributed by atoms with Gasteiger partial charge in [0.05, 0.1) is 26.5 Å². The molecule has 1 aliphatic heterocycles. The highest BCUT2D eigenvalue weighted by molar-refractivity contribution is 6.01. The Morgan fingerprint density at radius 2 is 1.93 bits per heavy atom. The standard InChI is InChI=1S/C21H20N4O5/c1-27-16-6-3-5-12(19(16)28-2)18-17-13(22-20-21(23-18)25-30-24-20)9-11(10-14(17)26)15-7-4-8-29-15/h3-8,11,18H,9-10H2,1-2H3,(H,22,24)(H,23,25)/t11-,18+/m1/s1. The third kappa shape index (κ3) is 2.90. The molecule has 2 aliphatic rings. The minimum Gasteiger partial charge on any atom is -0.493 e. The van der Waals surface area contributed by atoms with Gasteiger partial charge < -0.3 is 24.5 Å². The van der Waals surface area contributed by atoms with E-state index in [2.05, 4.69) is 20.9 Å². The molecule has 5 rings (SSSR count). The van der Waals surface area contributed by atoms with Gasteiger partial charge in [0.15, 0.2) is 17.3 Å². The number of anilines is 2. The fraction of sp³-hybridized carbons (Fsp3) is 0.286. The normalized spacial score (nSPS) is 20.5. The number of nitrogens with zero attached hydrogens (tertiary/aromatic N) is 2. The van der Waals surface area contributed by atoms with Crippen molar-refractivity contribution in [3.63, 3.8) is 0 Å². The van der Waals surface area contributed by atoms with E-state index in [9.17, 15) is 4.79 Å². The van der Waals surface area contributed by atoms with Gasteiger partial charge >= 0.3 is 0 Å². The number of ketones is 1. The van der Waals surface area contributed by atoms with Crippen LogP contribution in [0.4, 0.5) is 11.6 Å². The number of Topliss-reactive ketones (excluding diaryl/α,β-unsaturated/α-hetero) is 1. The second-order valence-corrected chi connectivity index (χ2v) is 7.18. The van der Waals surface area contributed by atoms with Crippen molar-refractivity contribution < 1.29 is 23.3 Å². The fourth-order valence-corrected chi connectivity index (χ4v) is 4.20. The Hall–Kier alpha value is -3.75. The highest BCUT2D eigenvalue weighted by atomic mass is 16.6. The smallest absolute Gasteiger partial charge is 0.219 e. The minimum atomic E-state index is -0.518. The Morgan fingerprint density at radius 3 is 2.70 bits per heavy atom. The van der Waals surface area contributed by atoms with Crippen LogP contribution in [0.5, 0.6) is 11.5 Å². The molecule has 1 aliphatic carbocycles. The summed E-state index contributed by atoms with van der Waals surface area (Å²) >= 11 is 0. The van der Waals surface area contributed by atoms with Crippen molar-refractivity contribution in [1.82, 2.24) is 10.3 Å². The fourth-order valence-electron chi connectivity index (χ4n) is 4.20. The summed E-state index contributed by atoms with van der Waals surface area (Å²) in [5.74, 6) is 2.70. The molecular weight excluding hydrogens is 388 g/mol. The van der Waals surface area contributed by atoms with Gasteiger partial charge in [-0.2, -0.15) is 0 Å². The number of fused-ring (bicyclic) bond motifs is 1. The number of carbonyl (C=O) groups excluding carboxylic acids is 1. The van der Waals surface area contributed by atoms with Crippen LogP contribution in [-0.2, 0) is 4.79 Å². The Bertz CT molecular complexity index is 1120. The predicted octanol–water partition coefficient (Wildman–Crippen LogP) is 3.66. The molecule has 0 fully saturated rings. The summed E-state index contributed by atoms with van der Waals surface area (Å²) < 4.78 is 21.6. The molecule has 2 atom stereocenters. The summed E-state index contributed by atoms with van der Waals surface area (Å²) in [7, 11) is 3.15. The van der Waals surface area contributed by atoms with Crippen LogP contribution in [0, 0.1) is 0 Å². The van der Waals surface area contributed by atoms with E-state index < -0.39 is 6.04 Å². The van der Waals surface area contributed by atoms with E-state index in [1.54, 1.807) is 20.5 Å². The van der Waals surface area contributed by atoms with Crippen molar-refractivity contribution in [1.29, 1.82) is 0 Å². The molecule has 0 spiro atoms. The molecule has 0 saturated heterocycles. The lowest BCUT2D eigenvalue weighted by Crippen LogP contribution is -2.27. The molecule has 2 aromatic heterocycles. The Labute approximate surface area is 172 Å². The molecule has 3 aromatic rings. The minimum absolute atomic E-state index is 0.00890. The number of hydrogen-bond acceptors (Lipinski definition) is 9. The molecule has 3 heterocycles. The van der Waals surface area contributed by atoms with Gasteiger partial charge in [0.2, 0.25) is 11.6 Å². The highest BCUT2D eigenvalue weighted by Gasteiger charge is 2.39. The lowest BCUT2D eigenvalue weighted by atomic mass is 9.80. The lowest BCUT2D eigenvalue weighted by Gasteiger charge is -2.29. The first-order chi connectivity index (χ1) is 14.7. The Balaban J connectivity index is 1.65. The van der Waals surface area contributed by atoms with Crippen LogP contribution in [0.15, 0.2) is 56.9 Å². The van der Waals surface area contributed by atoms with Gasteiger partial charge in [-0.15, -0.1) is 0 Å². The zero-order valence-corrected chi connectivity index (χ0v) is 16.5. The van der Waals surface area contributed by atoms with Crippen LogP contribution in [0.25, 0.3) is 0 Å². The SMILES string of the molecule is COc1cccc([C@@H]2Nc3nonc3NC3=C2C(=O)C[C@H](c2ccco2)C3)c1OC. The number of carbonyl (C=O) groups is 1. The van der Waals surface area contributed by atoms with Crippen molar-refractivity contribution in [3.8, 4) is 11.5 Å². The van der Waals surface area contributed by atoms with E-state index in [4.69, 9.17) is 18.5 Å². The topological polar surface area (TPSA) is 112 Å². The molecule has 0 unspecified atom stereocenters. The number of para-hydroxylation sites is 1. The summed E-state index contributed by atoms with van der Waals surface area (Å²) in [6, 6.07) is 8.77. The van der Waals surface area contributed by atoms with E-state index in [1.165, 1.54) is 0 Å². The van der Waals surface area contributed by atoms with Gasteiger partial charge in [0.1, 0.15) is 5.76 Å². The number of hydrogen-bond donors (Lipinski definition) is 2. The molecule has 0 bridgehead atoms. The predicted molar refractivity (Wildman–Crippen MR) is 107 cm³/mol. The largest absolute Gasteiger partial charge is 0.493 e. The first-order valence-corrected chi connectivity index (χ1v) is 9.56. The average molecular weight is 408 g/mol. The maximum absolute atomic E-state index is 13.4.